The quantitative estimate of drug-likeness (QED) is 0.485. The predicted molar refractivity (Wildman–Crippen MR) is 65.1 cm³/mol. The lowest BCUT2D eigenvalue weighted by molar-refractivity contribution is -0.117. The SMILES string of the molecule is CCCCC(CCCCC(C)=O)OS(=O)(=O)O. The molecule has 0 heterocycles. The average Bonchev–Trinajstić information content (AvgIpc) is 2.18. The molecule has 0 radical (unpaired) electrons. The van der Waals surface area contributed by atoms with E-state index in [1.54, 1.807) is 0 Å². The summed E-state index contributed by atoms with van der Waals surface area (Å²) >= 11 is 0. The molecule has 0 aliphatic rings. The minimum Gasteiger partial charge on any atom is -0.300 e. The average molecular weight is 266 g/mol. The van der Waals surface area contributed by atoms with Gasteiger partial charge >= 0.3 is 10.4 Å². The highest BCUT2D eigenvalue weighted by Crippen LogP contribution is 2.15. The molecule has 5 nitrogen and oxygen atoms in total. The second kappa shape index (κ2) is 8.60. The van der Waals surface area contributed by atoms with Crippen LogP contribution in [0, 0.1) is 0 Å². The van der Waals surface area contributed by atoms with Crippen molar-refractivity contribution < 1.29 is 21.9 Å². The summed E-state index contributed by atoms with van der Waals surface area (Å²) in [5.41, 5.74) is 0. The molecule has 0 saturated carbocycles. The van der Waals surface area contributed by atoms with Crippen LogP contribution in [-0.2, 0) is 19.4 Å². The van der Waals surface area contributed by atoms with E-state index in [4.69, 9.17) is 4.55 Å². The number of carbonyl (C=O) groups excluding carboxylic acids is 1. The topological polar surface area (TPSA) is 80.7 Å². The van der Waals surface area contributed by atoms with Gasteiger partial charge in [0.2, 0.25) is 0 Å². The number of hydrogen-bond donors (Lipinski definition) is 1. The van der Waals surface area contributed by atoms with E-state index >= 15 is 0 Å². The van der Waals surface area contributed by atoms with E-state index in [-0.39, 0.29) is 5.78 Å². The number of unbranched alkanes of at least 4 members (excludes halogenated alkanes) is 2. The Morgan fingerprint density at radius 2 is 1.82 bits per heavy atom. The first-order valence-electron chi connectivity index (χ1n) is 6.00. The fourth-order valence-corrected chi connectivity index (χ4v) is 2.13. The van der Waals surface area contributed by atoms with Crippen LogP contribution >= 0.6 is 0 Å². The molecule has 0 aromatic heterocycles. The van der Waals surface area contributed by atoms with Crippen LogP contribution in [0.1, 0.15) is 58.8 Å². The van der Waals surface area contributed by atoms with Gasteiger partial charge in [0.1, 0.15) is 5.78 Å². The van der Waals surface area contributed by atoms with E-state index in [2.05, 4.69) is 4.18 Å². The van der Waals surface area contributed by atoms with E-state index in [1.807, 2.05) is 6.92 Å². The van der Waals surface area contributed by atoms with Crippen LogP contribution in [0.25, 0.3) is 0 Å². The molecular formula is C11H22O5S. The maximum atomic E-state index is 10.7. The van der Waals surface area contributed by atoms with Gasteiger partial charge in [-0.3, -0.25) is 4.55 Å². The molecule has 17 heavy (non-hydrogen) atoms. The largest absolute Gasteiger partial charge is 0.397 e. The summed E-state index contributed by atoms with van der Waals surface area (Å²) in [4.78, 5) is 10.7. The van der Waals surface area contributed by atoms with Crippen molar-refractivity contribution in [3.05, 3.63) is 0 Å². The molecule has 0 saturated heterocycles. The van der Waals surface area contributed by atoms with Gasteiger partial charge in [0, 0.05) is 6.42 Å². The molecule has 1 atom stereocenters. The number of hydrogen-bond acceptors (Lipinski definition) is 4. The van der Waals surface area contributed by atoms with Crippen molar-refractivity contribution in [3.63, 3.8) is 0 Å². The molecule has 102 valence electrons. The first-order valence-corrected chi connectivity index (χ1v) is 7.36. The first-order chi connectivity index (χ1) is 7.85. The van der Waals surface area contributed by atoms with Crippen molar-refractivity contribution in [2.24, 2.45) is 0 Å². The van der Waals surface area contributed by atoms with Gasteiger partial charge in [0.25, 0.3) is 0 Å². The molecule has 0 aromatic carbocycles. The molecule has 1 unspecified atom stereocenters. The summed E-state index contributed by atoms with van der Waals surface area (Å²) in [6.45, 7) is 3.53. The second-order valence-corrected chi connectivity index (χ2v) is 5.28. The minimum atomic E-state index is -4.37. The van der Waals surface area contributed by atoms with Crippen LogP contribution in [0.15, 0.2) is 0 Å². The highest BCUT2D eigenvalue weighted by molar-refractivity contribution is 7.80. The van der Waals surface area contributed by atoms with Gasteiger partial charge < -0.3 is 4.79 Å². The summed E-state index contributed by atoms with van der Waals surface area (Å²) in [6, 6.07) is 0. The van der Waals surface area contributed by atoms with Crippen LogP contribution in [0.4, 0.5) is 0 Å². The number of Topliss-reactive ketones (excluding diaryl/α,β-unsaturated/α-hetero) is 1. The maximum absolute atomic E-state index is 10.7. The van der Waals surface area contributed by atoms with Crippen LogP contribution in [-0.4, -0.2) is 24.9 Å². The highest BCUT2D eigenvalue weighted by atomic mass is 32.3. The standard InChI is InChI=1S/C11H22O5S/c1-3-4-8-11(16-17(13,14)15)9-6-5-7-10(2)12/h11H,3-9H2,1-2H3,(H,13,14,15). The summed E-state index contributed by atoms with van der Waals surface area (Å²) in [5, 5.41) is 0. The van der Waals surface area contributed by atoms with Crippen LogP contribution in [0.3, 0.4) is 0 Å². The molecular weight excluding hydrogens is 244 g/mol. The zero-order valence-electron chi connectivity index (χ0n) is 10.5. The minimum absolute atomic E-state index is 0.130. The van der Waals surface area contributed by atoms with Crippen LogP contribution in [0.2, 0.25) is 0 Å². The molecule has 0 bridgehead atoms. The maximum Gasteiger partial charge on any atom is 0.397 e. The molecule has 0 aliphatic carbocycles. The third kappa shape index (κ3) is 11.8. The zero-order chi connectivity index (χ0) is 13.3. The van der Waals surface area contributed by atoms with Gasteiger partial charge in [-0.05, 0) is 26.2 Å². The fourth-order valence-electron chi connectivity index (χ4n) is 1.59. The lowest BCUT2D eigenvalue weighted by Gasteiger charge is -2.14. The second-order valence-electron chi connectivity index (χ2n) is 4.24. The van der Waals surface area contributed by atoms with Crippen molar-refractivity contribution in [1.29, 1.82) is 0 Å². The molecule has 0 spiro atoms. The van der Waals surface area contributed by atoms with E-state index in [0.29, 0.717) is 19.3 Å². The molecule has 0 fully saturated rings. The molecule has 6 heteroatoms. The monoisotopic (exact) mass is 266 g/mol. The van der Waals surface area contributed by atoms with Crippen molar-refractivity contribution in [2.45, 2.75) is 64.9 Å². The van der Waals surface area contributed by atoms with Gasteiger partial charge in [-0.15, -0.1) is 0 Å². The molecule has 1 N–H and O–H groups in total. The Labute approximate surface area is 104 Å². The lowest BCUT2D eigenvalue weighted by Crippen LogP contribution is -2.18. The number of ketones is 1. The lowest BCUT2D eigenvalue weighted by atomic mass is 10.0. The van der Waals surface area contributed by atoms with E-state index in [1.165, 1.54) is 6.92 Å². The Hall–Kier alpha value is -0.460. The summed E-state index contributed by atoms with van der Waals surface area (Å²) in [5.74, 6) is 0.130. The Balaban J connectivity index is 3.97. The Bertz CT molecular complexity index is 310. The van der Waals surface area contributed by atoms with E-state index in [9.17, 15) is 13.2 Å². The number of rotatable bonds is 10. The van der Waals surface area contributed by atoms with Crippen molar-refractivity contribution in [2.75, 3.05) is 0 Å². The van der Waals surface area contributed by atoms with Crippen LogP contribution in [0.5, 0.6) is 0 Å². The van der Waals surface area contributed by atoms with Crippen LogP contribution < -0.4 is 0 Å². The third-order valence-electron chi connectivity index (χ3n) is 2.44. The van der Waals surface area contributed by atoms with E-state index < -0.39 is 16.5 Å². The van der Waals surface area contributed by atoms with Crippen molar-refractivity contribution in [1.82, 2.24) is 0 Å². The molecule has 0 aromatic rings. The van der Waals surface area contributed by atoms with Gasteiger partial charge in [0.15, 0.2) is 0 Å². The summed E-state index contributed by atoms with van der Waals surface area (Å²) in [6.07, 6.45) is 4.44. The van der Waals surface area contributed by atoms with Gasteiger partial charge in [-0.2, -0.15) is 8.42 Å². The molecule has 0 amide bonds. The van der Waals surface area contributed by atoms with Gasteiger partial charge in [0.05, 0.1) is 6.10 Å². The van der Waals surface area contributed by atoms with Crippen molar-refractivity contribution >= 4 is 16.2 Å². The highest BCUT2D eigenvalue weighted by Gasteiger charge is 2.16. The van der Waals surface area contributed by atoms with E-state index in [0.717, 1.165) is 25.7 Å². The summed E-state index contributed by atoms with van der Waals surface area (Å²) in [7, 11) is -4.37. The molecule has 0 aliphatic heterocycles. The normalized spacial score (nSPS) is 13.6. The zero-order valence-corrected chi connectivity index (χ0v) is 11.3. The molecule has 0 rings (SSSR count). The Morgan fingerprint density at radius 3 is 2.29 bits per heavy atom. The fraction of sp³-hybridized carbons (Fsp3) is 0.909. The van der Waals surface area contributed by atoms with Crippen molar-refractivity contribution in [3.8, 4) is 0 Å². The smallest absolute Gasteiger partial charge is 0.300 e. The number of carbonyl (C=O) groups is 1. The Morgan fingerprint density at radius 1 is 1.24 bits per heavy atom. The van der Waals surface area contributed by atoms with Gasteiger partial charge in [-0.25, -0.2) is 4.18 Å². The third-order valence-corrected chi connectivity index (χ3v) is 2.96. The first kappa shape index (κ1) is 16.5. The van der Waals surface area contributed by atoms with Gasteiger partial charge in [-0.1, -0.05) is 26.2 Å². The predicted octanol–water partition coefficient (Wildman–Crippen LogP) is 2.51. The Kier molecular flexibility index (Phi) is 8.37. The summed E-state index contributed by atoms with van der Waals surface area (Å²) < 4.78 is 34.5.